The summed E-state index contributed by atoms with van der Waals surface area (Å²) in [5.41, 5.74) is 1.19. The maximum absolute atomic E-state index is 12.1. The average Bonchev–Trinajstić information content (AvgIpc) is 2.42. The van der Waals surface area contributed by atoms with E-state index >= 15 is 0 Å². The zero-order valence-electron chi connectivity index (χ0n) is 12.7. The summed E-state index contributed by atoms with van der Waals surface area (Å²) in [7, 11) is 0.587. The lowest BCUT2D eigenvalue weighted by atomic mass is 10.1. The van der Waals surface area contributed by atoms with Crippen molar-refractivity contribution in [3.05, 3.63) is 29.8 Å². The molecule has 1 aromatic carbocycles. The maximum Gasteiger partial charge on any atom is 0.240 e. The van der Waals surface area contributed by atoms with Crippen molar-refractivity contribution in [1.29, 1.82) is 0 Å². The highest BCUT2D eigenvalue weighted by Crippen LogP contribution is 2.12. The van der Waals surface area contributed by atoms with Gasteiger partial charge in [-0.3, -0.25) is 0 Å². The van der Waals surface area contributed by atoms with E-state index in [-0.39, 0.29) is 0 Å². The second-order valence-electron chi connectivity index (χ2n) is 5.30. The van der Waals surface area contributed by atoms with Crippen LogP contribution < -0.4 is 4.72 Å². The van der Waals surface area contributed by atoms with Crippen LogP contribution in [0.25, 0.3) is 0 Å². The van der Waals surface area contributed by atoms with E-state index < -0.39 is 10.0 Å². The predicted octanol–water partition coefficient (Wildman–Crippen LogP) is 2.26. The van der Waals surface area contributed by atoms with Gasteiger partial charge in [-0.15, -0.1) is 0 Å². The van der Waals surface area contributed by atoms with E-state index in [4.69, 9.17) is 0 Å². The molecule has 0 saturated heterocycles. The minimum absolute atomic E-state index is 0.350. The molecule has 0 radical (unpaired) electrons. The molecule has 114 valence electrons. The third-order valence-electron chi connectivity index (χ3n) is 3.13. The molecule has 1 N–H and O–H groups in total. The van der Waals surface area contributed by atoms with Crippen LogP contribution in [0.15, 0.2) is 29.2 Å². The highest BCUT2D eigenvalue weighted by atomic mass is 32.2. The molecule has 0 unspecified atom stereocenters. The van der Waals surface area contributed by atoms with Gasteiger partial charge in [-0.05, 0) is 57.6 Å². The lowest BCUT2D eigenvalue weighted by Gasteiger charge is -2.10. The van der Waals surface area contributed by atoms with E-state index in [9.17, 15) is 8.42 Å². The molecule has 0 bridgehead atoms. The lowest BCUT2D eigenvalue weighted by Crippen LogP contribution is -2.27. The molecule has 5 heteroatoms. The molecule has 0 aliphatic carbocycles. The minimum atomic E-state index is -3.36. The SMILES string of the molecule is CCCCc1ccc(S(=O)(=O)NCCCN(C)C)cc1. The van der Waals surface area contributed by atoms with Crippen LogP contribution in [-0.4, -0.2) is 40.5 Å². The Morgan fingerprint density at radius 3 is 2.30 bits per heavy atom. The number of aryl methyl sites for hydroxylation is 1. The maximum atomic E-state index is 12.1. The molecule has 0 saturated carbocycles. The Morgan fingerprint density at radius 1 is 1.10 bits per heavy atom. The quantitative estimate of drug-likeness (QED) is 0.711. The molecule has 0 aromatic heterocycles. The third-order valence-corrected chi connectivity index (χ3v) is 4.60. The Morgan fingerprint density at radius 2 is 1.75 bits per heavy atom. The Labute approximate surface area is 123 Å². The Bertz CT molecular complexity index is 481. The molecule has 1 rings (SSSR count). The second-order valence-corrected chi connectivity index (χ2v) is 7.07. The van der Waals surface area contributed by atoms with Gasteiger partial charge in [0.2, 0.25) is 10.0 Å². The molecular weight excluding hydrogens is 272 g/mol. The Hall–Kier alpha value is -0.910. The van der Waals surface area contributed by atoms with Gasteiger partial charge in [0.25, 0.3) is 0 Å². The van der Waals surface area contributed by atoms with Crippen LogP contribution in [0.4, 0.5) is 0 Å². The number of sulfonamides is 1. The van der Waals surface area contributed by atoms with Gasteiger partial charge in [-0.1, -0.05) is 25.5 Å². The Balaban J connectivity index is 2.54. The van der Waals surface area contributed by atoms with E-state index in [0.717, 1.165) is 32.2 Å². The average molecular weight is 298 g/mol. The van der Waals surface area contributed by atoms with Crippen molar-refractivity contribution in [2.75, 3.05) is 27.2 Å². The molecule has 0 amide bonds. The first-order valence-electron chi connectivity index (χ1n) is 7.19. The molecule has 0 spiro atoms. The summed E-state index contributed by atoms with van der Waals surface area (Å²) in [5.74, 6) is 0. The van der Waals surface area contributed by atoms with Crippen molar-refractivity contribution >= 4 is 10.0 Å². The highest BCUT2D eigenvalue weighted by Gasteiger charge is 2.12. The monoisotopic (exact) mass is 298 g/mol. The largest absolute Gasteiger partial charge is 0.309 e. The molecule has 4 nitrogen and oxygen atoms in total. The standard InChI is InChI=1S/C15H26N2O2S/c1-4-5-7-14-8-10-15(11-9-14)20(18,19)16-12-6-13-17(2)3/h8-11,16H,4-7,12-13H2,1-3H3. The lowest BCUT2D eigenvalue weighted by molar-refractivity contribution is 0.400. The number of nitrogens with zero attached hydrogens (tertiary/aromatic N) is 1. The third kappa shape index (κ3) is 6.03. The molecule has 0 heterocycles. The fraction of sp³-hybridized carbons (Fsp3) is 0.600. The van der Waals surface area contributed by atoms with Crippen molar-refractivity contribution in [2.24, 2.45) is 0 Å². The van der Waals surface area contributed by atoms with Crippen LogP contribution in [0.1, 0.15) is 31.7 Å². The molecule has 0 atom stereocenters. The number of unbranched alkanes of at least 4 members (excludes halogenated alkanes) is 1. The van der Waals surface area contributed by atoms with E-state index in [1.807, 2.05) is 31.1 Å². The summed E-state index contributed by atoms with van der Waals surface area (Å²) in [6.45, 7) is 3.49. The Kier molecular flexibility index (Phi) is 7.19. The van der Waals surface area contributed by atoms with Gasteiger partial charge in [0.05, 0.1) is 4.90 Å². The van der Waals surface area contributed by atoms with Crippen molar-refractivity contribution in [3.63, 3.8) is 0 Å². The van der Waals surface area contributed by atoms with Gasteiger partial charge in [0.1, 0.15) is 0 Å². The van der Waals surface area contributed by atoms with Crippen molar-refractivity contribution in [2.45, 2.75) is 37.5 Å². The summed E-state index contributed by atoms with van der Waals surface area (Å²) >= 11 is 0. The van der Waals surface area contributed by atoms with E-state index in [1.54, 1.807) is 12.1 Å². The van der Waals surface area contributed by atoms with E-state index in [1.165, 1.54) is 5.56 Å². The van der Waals surface area contributed by atoms with Crippen LogP contribution in [0, 0.1) is 0 Å². The summed E-state index contributed by atoms with van der Waals surface area (Å²) in [6.07, 6.45) is 4.09. The van der Waals surface area contributed by atoms with Gasteiger partial charge < -0.3 is 4.90 Å². The summed E-state index contributed by atoms with van der Waals surface area (Å²) < 4.78 is 26.8. The van der Waals surface area contributed by atoms with Gasteiger partial charge in [-0.25, -0.2) is 13.1 Å². The molecular formula is C15H26N2O2S. The van der Waals surface area contributed by atoms with Crippen LogP contribution >= 0.6 is 0 Å². The molecule has 20 heavy (non-hydrogen) atoms. The first-order valence-corrected chi connectivity index (χ1v) is 8.67. The van der Waals surface area contributed by atoms with Crippen LogP contribution in [0.3, 0.4) is 0 Å². The summed E-state index contributed by atoms with van der Waals surface area (Å²) in [4.78, 5) is 2.39. The number of nitrogens with one attached hydrogen (secondary N) is 1. The number of hydrogen-bond acceptors (Lipinski definition) is 3. The minimum Gasteiger partial charge on any atom is -0.309 e. The van der Waals surface area contributed by atoms with Gasteiger partial charge in [-0.2, -0.15) is 0 Å². The van der Waals surface area contributed by atoms with Crippen LogP contribution in [0.5, 0.6) is 0 Å². The number of rotatable bonds is 9. The van der Waals surface area contributed by atoms with Gasteiger partial charge >= 0.3 is 0 Å². The van der Waals surface area contributed by atoms with Crippen LogP contribution in [-0.2, 0) is 16.4 Å². The first-order chi connectivity index (χ1) is 9.45. The first kappa shape index (κ1) is 17.1. The predicted molar refractivity (Wildman–Crippen MR) is 83.4 cm³/mol. The summed E-state index contributed by atoms with van der Waals surface area (Å²) in [5, 5.41) is 0. The fourth-order valence-corrected chi connectivity index (χ4v) is 2.98. The molecule has 0 aliphatic heterocycles. The van der Waals surface area contributed by atoms with E-state index in [2.05, 4.69) is 11.6 Å². The van der Waals surface area contributed by atoms with Crippen molar-refractivity contribution in [1.82, 2.24) is 9.62 Å². The smallest absolute Gasteiger partial charge is 0.240 e. The zero-order chi connectivity index (χ0) is 15.0. The molecule has 0 aliphatic rings. The van der Waals surface area contributed by atoms with Crippen molar-refractivity contribution in [3.8, 4) is 0 Å². The second kappa shape index (κ2) is 8.39. The van der Waals surface area contributed by atoms with Crippen molar-refractivity contribution < 1.29 is 8.42 Å². The zero-order valence-corrected chi connectivity index (χ0v) is 13.5. The van der Waals surface area contributed by atoms with Crippen LogP contribution in [0.2, 0.25) is 0 Å². The van der Waals surface area contributed by atoms with E-state index in [0.29, 0.717) is 11.4 Å². The fourth-order valence-electron chi connectivity index (χ4n) is 1.90. The van der Waals surface area contributed by atoms with Gasteiger partial charge in [0, 0.05) is 6.54 Å². The molecule has 1 aromatic rings. The summed E-state index contributed by atoms with van der Waals surface area (Å²) in [6, 6.07) is 7.20. The topological polar surface area (TPSA) is 49.4 Å². The normalized spacial score (nSPS) is 12.0. The van der Waals surface area contributed by atoms with Gasteiger partial charge in [0.15, 0.2) is 0 Å². The number of hydrogen-bond donors (Lipinski definition) is 1. The highest BCUT2D eigenvalue weighted by molar-refractivity contribution is 7.89. The number of benzene rings is 1. The molecule has 0 fully saturated rings.